The number of rotatable bonds is 7. The Labute approximate surface area is 153 Å². The summed E-state index contributed by atoms with van der Waals surface area (Å²) in [4.78, 5) is 6.54. The molecule has 136 valence electrons. The number of nitrogens with zero attached hydrogens (tertiary/aromatic N) is 3. The van der Waals surface area contributed by atoms with Crippen LogP contribution in [0, 0.1) is 17.1 Å². The van der Waals surface area contributed by atoms with Crippen LogP contribution in [0.3, 0.4) is 0 Å². The minimum Gasteiger partial charge on any atom is -0.489 e. The van der Waals surface area contributed by atoms with Crippen molar-refractivity contribution in [3.8, 4) is 11.8 Å². The molecule has 0 saturated heterocycles. The zero-order valence-corrected chi connectivity index (χ0v) is 15.1. The van der Waals surface area contributed by atoms with Gasteiger partial charge in [0.25, 0.3) is 0 Å². The van der Waals surface area contributed by atoms with Gasteiger partial charge in [-0.3, -0.25) is 0 Å². The quantitative estimate of drug-likeness (QED) is 0.613. The second kappa shape index (κ2) is 10.0. The standard InChI is InChI=1S/C20H23FN4O/c1-3-23-20(24-15-17-10-8-16(14-22)9-11-17)25(2)12-13-26-19-7-5-4-6-18(19)21/h4-11H,3,12-13,15H2,1-2H3,(H,23,24). The Kier molecular flexibility index (Phi) is 7.44. The number of hydrogen-bond acceptors (Lipinski definition) is 3. The number of para-hydroxylation sites is 1. The first-order valence-electron chi connectivity index (χ1n) is 8.50. The number of likely N-dealkylation sites (N-methyl/N-ethyl adjacent to an activating group) is 1. The highest BCUT2D eigenvalue weighted by Gasteiger charge is 2.07. The Hall–Kier alpha value is -3.07. The second-order valence-corrected chi connectivity index (χ2v) is 5.68. The van der Waals surface area contributed by atoms with Crippen LogP contribution >= 0.6 is 0 Å². The molecule has 0 unspecified atom stereocenters. The Morgan fingerprint density at radius 3 is 2.62 bits per heavy atom. The minimum absolute atomic E-state index is 0.250. The molecule has 0 aromatic heterocycles. The molecule has 0 fully saturated rings. The zero-order chi connectivity index (χ0) is 18.8. The molecule has 0 saturated carbocycles. The summed E-state index contributed by atoms with van der Waals surface area (Å²) in [6.07, 6.45) is 0. The number of halogens is 1. The summed E-state index contributed by atoms with van der Waals surface area (Å²) in [5.41, 5.74) is 1.66. The van der Waals surface area contributed by atoms with Crippen molar-refractivity contribution >= 4 is 5.96 Å². The van der Waals surface area contributed by atoms with E-state index in [9.17, 15) is 4.39 Å². The number of nitriles is 1. The van der Waals surface area contributed by atoms with Gasteiger partial charge in [-0.15, -0.1) is 0 Å². The van der Waals surface area contributed by atoms with Crippen molar-refractivity contribution in [2.75, 3.05) is 26.7 Å². The van der Waals surface area contributed by atoms with Crippen molar-refractivity contribution in [2.45, 2.75) is 13.5 Å². The lowest BCUT2D eigenvalue weighted by Gasteiger charge is -2.22. The van der Waals surface area contributed by atoms with Gasteiger partial charge in [0.05, 0.1) is 24.7 Å². The first-order valence-corrected chi connectivity index (χ1v) is 8.50. The molecule has 2 aromatic rings. The van der Waals surface area contributed by atoms with Gasteiger partial charge in [-0.1, -0.05) is 24.3 Å². The summed E-state index contributed by atoms with van der Waals surface area (Å²) < 4.78 is 19.1. The summed E-state index contributed by atoms with van der Waals surface area (Å²) >= 11 is 0. The Morgan fingerprint density at radius 2 is 1.96 bits per heavy atom. The van der Waals surface area contributed by atoms with E-state index in [1.165, 1.54) is 6.07 Å². The molecule has 6 heteroatoms. The van der Waals surface area contributed by atoms with E-state index in [1.54, 1.807) is 30.3 Å². The Balaban J connectivity index is 1.91. The van der Waals surface area contributed by atoms with Crippen molar-refractivity contribution in [3.63, 3.8) is 0 Å². The van der Waals surface area contributed by atoms with Crippen LogP contribution in [0.1, 0.15) is 18.1 Å². The predicted molar refractivity (Wildman–Crippen MR) is 100 cm³/mol. The molecule has 0 aliphatic rings. The largest absolute Gasteiger partial charge is 0.489 e. The predicted octanol–water partition coefficient (Wildman–Crippen LogP) is 3.17. The molecule has 0 spiro atoms. The lowest BCUT2D eigenvalue weighted by atomic mass is 10.1. The van der Waals surface area contributed by atoms with Gasteiger partial charge < -0.3 is 15.0 Å². The molecule has 2 aromatic carbocycles. The van der Waals surface area contributed by atoms with Crippen LogP contribution in [0.4, 0.5) is 4.39 Å². The monoisotopic (exact) mass is 354 g/mol. The van der Waals surface area contributed by atoms with Crippen molar-refractivity contribution < 1.29 is 9.13 Å². The number of hydrogen-bond donors (Lipinski definition) is 1. The normalized spacial score (nSPS) is 10.9. The topological polar surface area (TPSA) is 60.7 Å². The maximum absolute atomic E-state index is 13.6. The van der Waals surface area contributed by atoms with Gasteiger partial charge in [0.1, 0.15) is 6.61 Å². The number of nitrogens with one attached hydrogen (secondary N) is 1. The van der Waals surface area contributed by atoms with Crippen LogP contribution < -0.4 is 10.1 Å². The van der Waals surface area contributed by atoms with Crippen LogP contribution in [0.5, 0.6) is 5.75 Å². The highest BCUT2D eigenvalue weighted by molar-refractivity contribution is 5.79. The van der Waals surface area contributed by atoms with E-state index in [0.29, 0.717) is 25.3 Å². The van der Waals surface area contributed by atoms with Gasteiger partial charge in [0, 0.05) is 13.6 Å². The summed E-state index contributed by atoms with van der Waals surface area (Å²) in [6, 6.07) is 15.8. The first kappa shape index (κ1) is 19.3. The fraction of sp³-hybridized carbons (Fsp3) is 0.300. The summed E-state index contributed by atoms with van der Waals surface area (Å²) in [6.45, 7) is 4.16. The van der Waals surface area contributed by atoms with Crippen LogP contribution in [-0.4, -0.2) is 37.6 Å². The molecule has 0 heterocycles. The van der Waals surface area contributed by atoms with E-state index in [-0.39, 0.29) is 11.6 Å². The van der Waals surface area contributed by atoms with Gasteiger partial charge in [-0.2, -0.15) is 5.26 Å². The lowest BCUT2D eigenvalue weighted by Crippen LogP contribution is -2.40. The van der Waals surface area contributed by atoms with Crippen molar-refractivity contribution in [3.05, 3.63) is 65.5 Å². The third-order valence-corrected chi connectivity index (χ3v) is 3.71. The smallest absolute Gasteiger partial charge is 0.194 e. The molecule has 1 N–H and O–H groups in total. The molecular weight excluding hydrogens is 331 g/mol. The molecule has 5 nitrogen and oxygen atoms in total. The van der Waals surface area contributed by atoms with E-state index in [4.69, 9.17) is 10.00 Å². The van der Waals surface area contributed by atoms with Gasteiger partial charge in [-0.25, -0.2) is 9.38 Å². The third-order valence-electron chi connectivity index (χ3n) is 3.71. The molecular formula is C20H23FN4O. The zero-order valence-electron chi connectivity index (χ0n) is 15.1. The molecule has 0 aliphatic heterocycles. The fourth-order valence-corrected chi connectivity index (χ4v) is 2.28. The summed E-state index contributed by atoms with van der Waals surface area (Å²) in [5.74, 6) is 0.631. The van der Waals surface area contributed by atoms with E-state index in [1.807, 2.05) is 31.0 Å². The SMILES string of the molecule is CCNC(=NCc1ccc(C#N)cc1)N(C)CCOc1ccccc1F. The Bertz CT molecular complexity index is 768. The van der Waals surface area contributed by atoms with Crippen molar-refractivity contribution in [1.82, 2.24) is 10.2 Å². The molecule has 0 amide bonds. The molecule has 26 heavy (non-hydrogen) atoms. The molecule has 0 bridgehead atoms. The van der Waals surface area contributed by atoms with E-state index in [0.717, 1.165) is 18.1 Å². The Morgan fingerprint density at radius 1 is 1.23 bits per heavy atom. The van der Waals surface area contributed by atoms with E-state index in [2.05, 4.69) is 16.4 Å². The van der Waals surface area contributed by atoms with Gasteiger partial charge in [0.15, 0.2) is 17.5 Å². The average Bonchev–Trinajstić information content (AvgIpc) is 2.67. The molecule has 0 atom stereocenters. The molecule has 2 rings (SSSR count). The van der Waals surface area contributed by atoms with Crippen LogP contribution in [0.15, 0.2) is 53.5 Å². The third kappa shape index (κ3) is 5.78. The van der Waals surface area contributed by atoms with Crippen molar-refractivity contribution in [1.29, 1.82) is 5.26 Å². The van der Waals surface area contributed by atoms with Gasteiger partial charge >= 0.3 is 0 Å². The van der Waals surface area contributed by atoms with Crippen LogP contribution in [0.2, 0.25) is 0 Å². The highest BCUT2D eigenvalue weighted by atomic mass is 19.1. The van der Waals surface area contributed by atoms with E-state index >= 15 is 0 Å². The fourth-order valence-electron chi connectivity index (χ4n) is 2.28. The molecule has 0 aliphatic carbocycles. The summed E-state index contributed by atoms with van der Waals surface area (Å²) in [7, 11) is 1.91. The van der Waals surface area contributed by atoms with Crippen LogP contribution in [0.25, 0.3) is 0 Å². The van der Waals surface area contributed by atoms with Crippen LogP contribution in [-0.2, 0) is 6.54 Å². The second-order valence-electron chi connectivity index (χ2n) is 5.68. The minimum atomic E-state index is -0.364. The number of ether oxygens (including phenoxy) is 1. The maximum atomic E-state index is 13.6. The van der Waals surface area contributed by atoms with Gasteiger partial charge in [0.2, 0.25) is 0 Å². The number of benzene rings is 2. The first-order chi connectivity index (χ1) is 12.6. The lowest BCUT2D eigenvalue weighted by molar-refractivity contribution is 0.270. The number of guanidine groups is 1. The highest BCUT2D eigenvalue weighted by Crippen LogP contribution is 2.15. The van der Waals surface area contributed by atoms with E-state index < -0.39 is 0 Å². The van der Waals surface area contributed by atoms with Gasteiger partial charge in [-0.05, 0) is 36.8 Å². The number of aliphatic imine (C=N–C) groups is 1. The summed E-state index contributed by atoms with van der Waals surface area (Å²) in [5, 5.41) is 12.1. The van der Waals surface area contributed by atoms with Crippen molar-refractivity contribution in [2.24, 2.45) is 4.99 Å². The average molecular weight is 354 g/mol. The molecule has 0 radical (unpaired) electrons. The maximum Gasteiger partial charge on any atom is 0.194 e.